The average Bonchev–Trinajstić information content (AvgIpc) is 3.41. The third-order valence-electron chi connectivity index (χ3n) is 4.85. The zero-order valence-corrected chi connectivity index (χ0v) is 19.8. The van der Waals surface area contributed by atoms with Gasteiger partial charge in [-0.3, -0.25) is 0 Å². The molecule has 2 aliphatic heterocycles. The first-order chi connectivity index (χ1) is 15.9. The third-order valence-corrected chi connectivity index (χ3v) is 4.85. The van der Waals surface area contributed by atoms with Gasteiger partial charge in [-0.1, -0.05) is 24.3 Å². The fourth-order valence-electron chi connectivity index (χ4n) is 3.14. The monoisotopic (exact) mass is 503 g/mol. The van der Waals surface area contributed by atoms with Gasteiger partial charge in [0.2, 0.25) is 0 Å². The number of ether oxygens (including phenoxy) is 2. The molecule has 2 unspecified atom stereocenters. The number of alkyl halides is 2. The Bertz CT molecular complexity index is 944. The molecule has 7 heteroatoms. The molecule has 2 nitrogen and oxygen atoms in total. The van der Waals surface area contributed by atoms with Crippen LogP contribution < -0.4 is 0 Å². The van der Waals surface area contributed by atoms with Crippen molar-refractivity contribution >= 4 is 0 Å². The molecule has 0 saturated heterocycles. The van der Waals surface area contributed by atoms with Crippen LogP contribution in [-0.2, 0) is 31.2 Å². The number of allylic oxidation sites excluding steroid dienone is 12. The molecule has 2 atom stereocenters. The molecule has 0 fully saturated rings. The van der Waals surface area contributed by atoms with Crippen LogP contribution >= 0.6 is 0 Å². The van der Waals surface area contributed by atoms with E-state index in [4.69, 9.17) is 9.47 Å². The van der Waals surface area contributed by atoms with Crippen molar-refractivity contribution in [2.75, 3.05) is 13.2 Å². The van der Waals surface area contributed by atoms with Crippen LogP contribution in [0.4, 0.5) is 17.6 Å². The van der Waals surface area contributed by atoms with Crippen molar-refractivity contribution in [2.24, 2.45) is 0 Å². The van der Waals surface area contributed by atoms with Gasteiger partial charge in [-0.25, -0.2) is 29.7 Å². The van der Waals surface area contributed by atoms with Crippen LogP contribution in [0.1, 0.15) is 0 Å². The van der Waals surface area contributed by atoms with Gasteiger partial charge in [0.25, 0.3) is 0 Å². The van der Waals surface area contributed by atoms with Gasteiger partial charge < -0.3 is 9.47 Å². The largest absolute Gasteiger partial charge is 3.00 e. The van der Waals surface area contributed by atoms with Crippen LogP contribution in [0.25, 0.3) is 0 Å². The Labute approximate surface area is 212 Å². The summed E-state index contributed by atoms with van der Waals surface area (Å²) in [6, 6.07) is 10.0. The predicted octanol–water partition coefficient (Wildman–Crippen LogP) is 6.99. The first-order valence-electron chi connectivity index (χ1n) is 10.2. The molecule has 0 aromatic heterocycles. The number of hydrogen-bond acceptors (Lipinski definition) is 2. The normalized spacial score (nSPS) is 26.0. The van der Waals surface area contributed by atoms with Gasteiger partial charge in [-0.2, -0.15) is 43.2 Å². The van der Waals surface area contributed by atoms with Crippen molar-refractivity contribution in [3.05, 3.63) is 139 Å². The maximum atomic E-state index is 14.1. The molecule has 2 heterocycles. The van der Waals surface area contributed by atoms with Gasteiger partial charge in [0.05, 0.1) is 12.5 Å². The zero-order chi connectivity index (χ0) is 23.6. The summed E-state index contributed by atoms with van der Waals surface area (Å²) in [5, 5.41) is 0. The topological polar surface area (TPSA) is 18.5 Å². The second kappa shape index (κ2) is 13.1. The minimum atomic E-state index is -1.84. The van der Waals surface area contributed by atoms with Crippen LogP contribution in [0.15, 0.2) is 126 Å². The van der Waals surface area contributed by atoms with E-state index in [1.165, 1.54) is 49.0 Å². The number of halogens is 4. The summed E-state index contributed by atoms with van der Waals surface area (Å²) < 4.78 is 63.8. The Morgan fingerprint density at radius 1 is 0.676 bits per heavy atom. The molecule has 1 aromatic carbocycles. The third kappa shape index (κ3) is 7.82. The molecule has 0 saturated carbocycles. The predicted molar refractivity (Wildman–Crippen MR) is 121 cm³/mol. The van der Waals surface area contributed by atoms with E-state index in [1.807, 2.05) is 30.3 Å². The second-order valence-corrected chi connectivity index (χ2v) is 7.27. The van der Waals surface area contributed by atoms with Crippen molar-refractivity contribution in [1.29, 1.82) is 0 Å². The Balaban J connectivity index is 0.000000195. The fraction of sp³-hybridized carbons (Fsp3) is 0.148. The van der Waals surface area contributed by atoms with Crippen LogP contribution in [0.2, 0.25) is 0 Å². The van der Waals surface area contributed by atoms with Crippen LogP contribution in [0, 0.1) is 12.8 Å². The second-order valence-electron chi connectivity index (χ2n) is 7.27. The molecule has 0 N–H and O–H groups in total. The summed E-state index contributed by atoms with van der Waals surface area (Å²) in [4.78, 5) is 0. The summed E-state index contributed by atoms with van der Waals surface area (Å²) in [6.07, 6.45) is 19.0. The molecule has 0 amide bonds. The molecule has 1 radical (unpaired) electrons. The van der Waals surface area contributed by atoms with Crippen LogP contribution in [0.5, 0.6) is 0 Å². The van der Waals surface area contributed by atoms with Crippen molar-refractivity contribution in [3.63, 3.8) is 0 Å². The molecule has 175 valence electrons. The SMILES string of the molecule is FC1=CC=CC(F)(C2=CC=COC2)[CH-]1.FC1=CC=CC(F)(C2=CC=COC2)[CH-]1.[Ti+3].c1cc[cH-]c1. The minimum absolute atomic E-state index is 0. The van der Waals surface area contributed by atoms with Crippen molar-refractivity contribution in [3.8, 4) is 0 Å². The standard InChI is InChI=1S/2C11H9F2O.C5H5.Ti/c2*12-10-4-1-5-11(13,7-10)9-3-2-6-14-8-9;1-2-4-5-3-1;/h2*1-7H,8H2;1-5H;/q3*-1;+3. The van der Waals surface area contributed by atoms with Gasteiger partial charge >= 0.3 is 21.7 Å². The Kier molecular flexibility index (Phi) is 10.5. The molecule has 5 rings (SSSR count). The summed E-state index contributed by atoms with van der Waals surface area (Å²) in [5.74, 6) is -1.13. The first kappa shape index (κ1) is 27.3. The molecule has 4 aliphatic rings. The summed E-state index contributed by atoms with van der Waals surface area (Å²) >= 11 is 0. The van der Waals surface area contributed by atoms with Crippen LogP contribution in [-0.4, -0.2) is 24.6 Å². The Hall–Kier alpha value is -2.96. The van der Waals surface area contributed by atoms with Gasteiger partial charge in [0.15, 0.2) is 0 Å². The van der Waals surface area contributed by atoms with Crippen molar-refractivity contribution < 1.29 is 48.8 Å². The maximum Gasteiger partial charge on any atom is 3.00 e. The first-order valence-corrected chi connectivity index (χ1v) is 10.2. The smallest absolute Gasteiger partial charge is 0.497 e. The average molecular weight is 503 g/mol. The number of rotatable bonds is 2. The maximum absolute atomic E-state index is 14.1. The molecule has 0 bridgehead atoms. The van der Waals surface area contributed by atoms with Crippen molar-refractivity contribution in [2.45, 2.75) is 11.3 Å². The Morgan fingerprint density at radius 2 is 1.12 bits per heavy atom. The molecule has 2 aliphatic carbocycles. The molecular weight excluding hydrogens is 480 g/mol. The van der Waals surface area contributed by atoms with Gasteiger partial charge in [0, 0.05) is 0 Å². The zero-order valence-electron chi connectivity index (χ0n) is 18.2. The summed E-state index contributed by atoms with van der Waals surface area (Å²) in [7, 11) is 0. The van der Waals surface area contributed by atoms with E-state index >= 15 is 0 Å². The quantitative estimate of drug-likeness (QED) is 0.246. The van der Waals surface area contributed by atoms with E-state index in [0.29, 0.717) is 11.1 Å². The van der Waals surface area contributed by atoms with E-state index in [1.54, 1.807) is 24.3 Å². The molecule has 1 aromatic rings. The minimum Gasteiger partial charge on any atom is -0.497 e. The van der Waals surface area contributed by atoms with E-state index < -0.39 is 23.0 Å². The summed E-state index contributed by atoms with van der Waals surface area (Å²) in [6.45, 7) is 0.308. The molecule has 0 spiro atoms. The van der Waals surface area contributed by atoms with E-state index in [-0.39, 0.29) is 34.9 Å². The van der Waals surface area contributed by atoms with E-state index in [0.717, 1.165) is 12.8 Å². The van der Waals surface area contributed by atoms with E-state index in [2.05, 4.69) is 0 Å². The van der Waals surface area contributed by atoms with Gasteiger partial charge in [-0.05, 0) is 35.0 Å². The molecular formula is C27H23F4O2Ti. The fourth-order valence-corrected chi connectivity index (χ4v) is 3.14. The van der Waals surface area contributed by atoms with Gasteiger partial charge in [-0.15, -0.1) is 12.2 Å². The molecule has 34 heavy (non-hydrogen) atoms. The van der Waals surface area contributed by atoms with Gasteiger partial charge in [0.1, 0.15) is 24.6 Å². The van der Waals surface area contributed by atoms with E-state index in [9.17, 15) is 17.6 Å². The van der Waals surface area contributed by atoms with Crippen molar-refractivity contribution in [1.82, 2.24) is 0 Å². The number of hydrogen-bond donors (Lipinski definition) is 0. The Morgan fingerprint density at radius 3 is 1.41 bits per heavy atom. The van der Waals surface area contributed by atoms with Crippen LogP contribution in [0.3, 0.4) is 0 Å². The summed E-state index contributed by atoms with van der Waals surface area (Å²) in [5.41, 5.74) is -2.88.